The molecule has 0 aromatic carbocycles. The molecular weight excluding hydrogens is 320 g/mol. The summed E-state index contributed by atoms with van der Waals surface area (Å²) in [5.74, 6) is -0.0392. The average molecular weight is 337 g/mol. The highest BCUT2D eigenvalue weighted by molar-refractivity contribution is 7.88. The zero-order valence-electron chi connectivity index (χ0n) is 11.1. The van der Waals surface area contributed by atoms with Crippen LogP contribution in [0.1, 0.15) is 22.5 Å². The molecule has 2 rings (SSSR count). The topological polar surface area (TPSA) is 66.5 Å². The van der Waals surface area contributed by atoms with Crippen LogP contribution >= 0.6 is 22.9 Å². The Bertz CT molecular complexity index is 585. The Morgan fingerprint density at radius 2 is 2.35 bits per heavy atom. The smallest absolute Gasteiger partial charge is 0.262 e. The lowest BCUT2D eigenvalue weighted by Crippen LogP contribution is -2.43. The van der Waals surface area contributed by atoms with E-state index in [1.165, 1.54) is 21.9 Å². The monoisotopic (exact) mass is 336 g/mol. The van der Waals surface area contributed by atoms with E-state index in [9.17, 15) is 13.2 Å². The number of rotatable bonds is 4. The second-order valence-corrected chi connectivity index (χ2v) is 8.24. The van der Waals surface area contributed by atoms with Crippen LogP contribution in [0.4, 0.5) is 0 Å². The zero-order chi connectivity index (χ0) is 14.8. The lowest BCUT2D eigenvalue weighted by atomic mass is 10.00. The van der Waals surface area contributed by atoms with Gasteiger partial charge in [0, 0.05) is 19.6 Å². The third-order valence-corrected chi connectivity index (χ3v) is 5.94. The van der Waals surface area contributed by atoms with E-state index in [2.05, 4.69) is 5.32 Å². The Morgan fingerprint density at radius 3 is 2.95 bits per heavy atom. The van der Waals surface area contributed by atoms with Gasteiger partial charge in [0.2, 0.25) is 10.0 Å². The minimum Gasteiger partial charge on any atom is -0.351 e. The summed E-state index contributed by atoms with van der Waals surface area (Å²) in [6, 6.07) is 1.69. The number of piperidine rings is 1. The van der Waals surface area contributed by atoms with Gasteiger partial charge in [-0.05, 0) is 30.2 Å². The molecule has 1 fully saturated rings. The molecule has 0 bridgehead atoms. The van der Waals surface area contributed by atoms with Crippen LogP contribution in [0.5, 0.6) is 0 Å². The molecule has 1 saturated heterocycles. The maximum absolute atomic E-state index is 11.9. The van der Waals surface area contributed by atoms with Crippen molar-refractivity contribution in [3.63, 3.8) is 0 Å². The van der Waals surface area contributed by atoms with Gasteiger partial charge in [0.15, 0.2) is 0 Å². The fourth-order valence-electron chi connectivity index (χ4n) is 2.27. The molecule has 0 radical (unpaired) electrons. The summed E-state index contributed by atoms with van der Waals surface area (Å²) in [7, 11) is -3.15. The minimum atomic E-state index is -3.15. The van der Waals surface area contributed by atoms with Gasteiger partial charge in [0.25, 0.3) is 5.91 Å². The highest BCUT2D eigenvalue weighted by Crippen LogP contribution is 2.22. The largest absolute Gasteiger partial charge is 0.351 e. The molecule has 1 aliphatic heterocycles. The summed E-state index contributed by atoms with van der Waals surface area (Å²) in [6.07, 6.45) is 2.97. The second-order valence-electron chi connectivity index (χ2n) is 4.94. The van der Waals surface area contributed by atoms with Gasteiger partial charge >= 0.3 is 0 Å². The Kier molecular flexibility index (Phi) is 5.06. The third kappa shape index (κ3) is 3.94. The van der Waals surface area contributed by atoms with E-state index in [0.29, 0.717) is 29.5 Å². The SMILES string of the molecule is CS(=O)(=O)N1CCCC(CNC(=O)c2sccc2Cl)C1. The van der Waals surface area contributed by atoms with Gasteiger partial charge in [-0.25, -0.2) is 12.7 Å². The molecule has 0 spiro atoms. The fourth-order valence-corrected chi connectivity index (χ4v) is 4.27. The normalized spacial score (nSPS) is 20.8. The van der Waals surface area contributed by atoms with Crippen LogP contribution in [-0.2, 0) is 10.0 Å². The van der Waals surface area contributed by atoms with Gasteiger partial charge in [-0.2, -0.15) is 0 Å². The molecular formula is C12H17ClN2O3S2. The number of amides is 1. The molecule has 2 heterocycles. The fraction of sp³-hybridized carbons (Fsp3) is 0.583. The van der Waals surface area contributed by atoms with Crippen molar-refractivity contribution in [1.82, 2.24) is 9.62 Å². The van der Waals surface area contributed by atoms with E-state index < -0.39 is 10.0 Å². The van der Waals surface area contributed by atoms with Gasteiger partial charge in [-0.1, -0.05) is 11.6 Å². The molecule has 1 aromatic heterocycles. The van der Waals surface area contributed by atoms with Crippen LogP contribution in [0.3, 0.4) is 0 Å². The Morgan fingerprint density at radius 1 is 1.60 bits per heavy atom. The van der Waals surface area contributed by atoms with E-state index in [-0.39, 0.29) is 11.8 Å². The lowest BCUT2D eigenvalue weighted by Gasteiger charge is -2.30. The summed E-state index contributed by atoms with van der Waals surface area (Å²) < 4.78 is 24.5. The Labute approximate surface area is 128 Å². The highest BCUT2D eigenvalue weighted by Gasteiger charge is 2.26. The number of nitrogens with one attached hydrogen (secondary N) is 1. The predicted molar refractivity (Wildman–Crippen MR) is 80.8 cm³/mol. The van der Waals surface area contributed by atoms with E-state index in [1.807, 2.05) is 0 Å². The van der Waals surface area contributed by atoms with Gasteiger partial charge in [0.05, 0.1) is 11.3 Å². The zero-order valence-corrected chi connectivity index (χ0v) is 13.5. The maximum atomic E-state index is 11.9. The van der Waals surface area contributed by atoms with Gasteiger partial charge in [0.1, 0.15) is 4.88 Å². The summed E-state index contributed by atoms with van der Waals surface area (Å²) in [5, 5.41) is 5.05. The molecule has 1 N–H and O–H groups in total. The molecule has 0 saturated carbocycles. The van der Waals surface area contributed by atoms with Gasteiger partial charge in [-0.15, -0.1) is 11.3 Å². The van der Waals surface area contributed by atoms with E-state index in [0.717, 1.165) is 12.8 Å². The summed E-state index contributed by atoms with van der Waals surface area (Å²) in [6.45, 7) is 1.51. The van der Waals surface area contributed by atoms with Crippen LogP contribution in [0.2, 0.25) is 5.02 Å². The van der Waals surface area contributed by atoms with E-state index in [1.54, 1.807) is 11.4 Å². The van der Waals surface area contributed by atoms with E-state index >= 15 is 0 Å². The predicted octanol–water partition coefficient (Wildman–Crippen LogP) is 1.80. The highest BCUT2D eigenvalue weighted by atomic mass is 35.5. The number of thiophene rings is 1. The first-order chi connectivity index (χ1) is 9.38. The summed E-state index contributed by atoms with van der Waals surface area (Å²) in [5.41, 5.74) is 0. The van der Waals surface area contributed by atoms with Crippen molar-refractivity contribution in [2.75, 3.05) is 25.9 Å². The van der Waals surface area contributed by atoms with Crippen molar-refractivity contribution in [3.8, 4) is 0 Å². The molecule has 5 nitrogen and oxygen atoms in total. The number of carbonyl (C=O) groups excluding carboxylic acids is 1. The Hall–Kier alpha value is -0.630. The van der Waals surface area contributed by atoms with E-state index in [4.69, 9.17) is 11.6 Å². The maximum Gasteiger partial charge on any atom is 0.262 e. The van der Waals surface area contributed by atoms with Gasteiger partial charge < -0.3 is 5.32 Å². The number of hydrogen-bond acceptors (Lipinski definition) is 4. The number of halogens is 1. The number of carbonyl (C=O) groups is 1. The van der Waals surface area contributed by atoms with Crippen molar-refractivity contribution < 1.29 is 13.2 Å². The molecule has 1 aromatic rings. The lowest BCUT2D eigenvalue weighted by molar-refractivity contribution is 0.0946. The molecule has 1 unspecified atom stereocenters. The first-order valence-electron chi connectivity index (χ1n) is 6.34. The van der Waals surface area contributed by atoms with Crippen LogP contribution in [-0.4, -0.2) is 44.5 Å². The van der Waals surface area contributed by atoms with Crippen LogP contribution in [0.25, 0.3) is 0 Å². The third-order valence-electron chi connectivity index (χ3n) is 3.33. The summed E-state index contributed by atoms with van der Waals surface area (Å²) in [4.78, 5) is 12.4. The first-order valence-corrected chi connectivity index (χ1v) is 9.45. The van der Waals surface area contributed by atoms with Crippen molar-refractivity contribution in [2.45, 2.75) is 12.8 Å². The van der Waals surface area contributed by atoms with Crippen LogP contribution in [0.15, 0.2) is 11.4 Å². The number of nitrogens with zero attached hydrogens (tertiary/aromatic N) is 1. The van der Waals surface area contributed by atoms with Crippen molar-refractivity contribution >= 4 is 38.9 Å². The van der Waals surface area contributed by atoms with Crippen molar-refractivity contribution in [1.29, 1.82) is 0 Å². The molecule has 112 valence electrons. The molecule has 1 amide bonds. The molecule has 8 heteroatoms. The van der Waals surface area contributed by atoms with Crippen molar-refractivity contribution in [2.24, 2.45) is 5.92 Å². The second kappa shape index (κ2) is 6.43. The van der Waals surface area contributed by atoms with Crippen molar-refractivity contribution in [3.05, 3.63) is 21.3 Å². The molecule has 1 atom stereocenters. The molecule has 0 aliphatic carbocycles. The first kappa shape index (κ1) is 15.8. The van der Waals surface area contributed by atoms with Gasteiger partial charge in [-0.3, -0.25) is 4.79 Å². The minimum absolute atomic E-state index is 0.154. The molecule has 1 aliphatic rings. The van der Waals surface area contributed by atoms with Crippen LogP contribution in [0, 0.1) is 5.92 Å². The van der Waals surface area contributed by atoms with Crippen LogP contribution < -0.4 is 5.32 Å². The summed E-state index contributed by atoms with van der Waals surface area (Å²) >= 11 is 7.20. The number of hydrogen-bond donors (Lipinski definition) is 1. The molecule has 20 heavy (non-hydrogen) atoms. The quantitative estimate of drug-likeness (QED) is 0.911. The standard InChI is InChI=1S/C12H17ClN2O3S2/c1-20(17,18)15-5-2-3-9(8-15)7-14-12(16)11-10(13)4-6-19-11/h4,6,9H,2-3,5,7-8H2,1H3,(H,14,16). The Balaban J connectivity index is 1.88. The number of sulfonamides is 1. The average Bonchev–Trinajstić information content (AvgIpc) is 2.82.